The number of carboxylic acids is 2. The van der Waals surface area contributed by atoms with Crippen molar-refractivity contribution >= 4 is 18.0 Å². The number of carboxylic acid groups (broad SMARTS) is 2. The Morgan fingerprint density at radius 3 is 2.14 bits per heavy atom. The van der Waals surface area contributed by atoms with E-state index in [4.69, 9.17) is 19.7 Å². The molecule has 2 aromatic rings. The molecular formula is C28H34N2O7. The fourth-order valence-corrected chi connectivity index (χ4v) is 4.47. The van der Waals surface area contributed by atoms with Crippen LogP contribution in [0.3, 0.4) is 0 Å². The van der Waals surface area contributed by atoms with Crippen molar-refractivity contribution in [2.45, 2.75) is 31.3 Å². The van der Waals surface area contributed by atoms with Gasteiger partial charge in [0.25, 0.3) is 0 Å². The predicted molar refractivity (Wildman–Crippen MR) is 137 cm³/mol. The Kier molecular flexibility index (Phi) is 11.1. The molecule has 198 valence electrons. The summed E-state index contributed by atoms with van der Waals surface area (Å²) in [5.41, 5.74) is 2.49. The predicted octanol–water partition coefficient (Wildman–Crippen LogP) is 3.62. The number of hydrogen-bond acceptors (Lipinski definition) is 6. The Hall–Kier alpha value is -3.69. The number of carbonyl (C=O) groups is 3. The Labute approximate surface area is 216 Å². The maximum Gasteiger partial charge on any atom is 0.410 e. The highest BCUT2D eigenvalue weighted by Gasteiger charge is 2.38. The van der Waals surface area contributed by atoms with Gasteiger partial charge in [0.05, 0.1) is 25.3 Å². The van der Waals surface area contributed by atoms with Crippen LogP contribution in [-0.4, -0.2) is 83.5 Å². The third kappa shape index (κ3) is 9.36. The molecule has 0 radical (unpaired) electrons. The fraction of sp³-hybridized carbons (Fsp3) is 0.393. The molecule has 2 N–H and O–H groups in total. The molecule has 2 fully saturated rings. The van der Waals surface area contributed by atoms with Gasteiger partial charge >= 0.3 is 18.0 Å². The van der Waals surface area contributed by atoms with Crippen LogP contribution >= 0.6 is 0 Å². The van der Waals surface area contributed by atoms with E-state index in [1.165, 1.54) is 11.1 Å². The van der Waals surface area contributed by atoms with Crippen molar-refractivity contribution < 1.29 is 34.1 Å². The zero-order chi connectivity index (χ0) is 26.5. The lowest BCUT2D eigenvalue weighted by Crippen LogP contribution is -2.41. The molecule has 2 aliphatic heterocycles. The first-order chi connectivity index (χ1) is 17.9. The molecule has 1 amide bonds. The summed E-state index contributed by atoms with van der Waals surface area (Å²) < 4.78 is 11.0. The van der Waals surface area contributed by atoms with Gasteiger partial charge in [-0.2, -0.15) is 0 Å². The van der Waals surface area contributed by atoms with E-state index in [0.717, 1.165) is 52.1 Å². The van der Waals surface area contributed by atoms with Gasteiger partial charge in [-0.05, 0) is 30.4 Å². The number of ether oxygens (including phenoxy) is 2. The number of amides is 1. The van der Waals surface area contributed by atoms with Crippen LogP contribution in [0, 0.1) is 0 Å². The standard InChI is InChI=1S/C24H30N2O3.C4H4O4/c27-24-26(22(19-29-24)12-11-20-7-3-1-4-8-20)23(21-9-5-2-6-10-21)13-14-25-15-17-28-18-16-25;5-3(6)1-2-4(7)8/h1-10,22-23H,11-19H2;1-2H,(H,5,6)(H,7,8). The normalized spacial score (nSPS) is 18.6. The molecule has 0 bridgehead atoms. The van der Waals surface area contributed by atoms with E-state index in [1.807, 2.05) is 17.0 Å². The van der Waals surface area contributed by atoms with Gasteiger partial charge in [0, 0.05) is 31.8 Å². The number of nitrogens with zero attached hydrogens (tertiary/aromatic N) is 2. The minimum absolute atomic E-state index is 0.0369. The monoisotopic (exact) mass is 510 g/mol. The number of aryl methyl sites for hydroxylation is 1. The molecule has 2 atom stereocenters. The highest BCUT2D eigenvalue weighted by molar-refractivity contribution is 5.89. The Balaban J connectivity index is 0.000000414. The van der Waals surface area contributed by atoms with Crippen LogP contribution in [0.5, 0.6) is 0 Å². The van der Waals surface area contributed by atoms with E-state index in [-0.39, 0.29) is 18.2 Å². The van der Waals surface area contributed by atoms with Gasteiger partial charge < -0.3 is 19.7 Å². The Morgan fingerprint density at radius 2 is 1.54 bits per heavy atom. The molecule has 0 aliphatic carbocycles. The summed E-state index contributed by atoms with van der Waals surface area (Å²) in [5, 5.41) is 15.6. The van der Waals surface area contributed by atoms with Crippen molar-refractivity contribution in [3.8, 4) is 0 Å². The quantitative estimate of drug-likeness (QED) is 0.466. The van der Waals surface area contributed by atoms with Crippen molar-refractivity contribution in [2.75, 3.05) is 39.5 Å². The van der Waals surface area contributed by atoms with E-state index in [1.54, 1.807) is 0 Å². The van der Waals surface area contributed by atoms with E-state index >= 15 is 0 Å². The maximum absolute atomic E-state index is 12.7. The maximum atomic E-state index is 12.7. The topological polar surface area (TPSA) is 117 Å². The van der Waals surface area contributed by atoms with Gasteiger partial charge in [0.2, 0.25) is 0 Å². The summed E-state index contributed by atoms with van der Waals surface area (Å²) >= 11 is 0. The van der Waals surface area contributed by atoms with Crippen molar-refractivity contribution in [3.63, 3.8) is 0 Å². The summed E-state index contributed by atoms with van der Waals surface area (Å²) in [6.45, 7) is 4.94. The van der Waals surface area contributed by atoms with E-state index in [9.17, 15) is 14.4 Å². The second-order valence-corrected chi connectivity index (χ2v) is 8.84. The minimum Gasteiger partial charge on any atom is -0.478 e. The first-order valence-electron chi connectivity index (χ1n) is 12.4. The molecule has 2 unspecified atom stereocenters. The van der Waals surface area contributed by atoms with Crippen molar-refractivity contribution in [1.82, 2.24) is 9.80 Å². The molecular weight excluding hydrogens is 476 g/mol. The molecule has 4 rings (SSSR count). The number of morpholine rings is 1. The van der Waals surface area contributed by atoms with Gasteiger partial charge in [-0.25, -0.2) is 14.4 Å². The van der Waals surface area contributed by atoms with Crippen LogP contribution in [0.15, 0.2) is 72.8 Å². The number of aliphatic carboxylic acids is 2. The molecule has 2 heterocycles. The number of hydrogen-bond donors (Lipinski definition) is 2. The van der Waals surface area contributed by atoms with Crippen LogP contribution in [0.4, 0.5) is 4.79 Å². The Morgan fingerprint density at radius 1 is 0.946 bits per heavy atom. The van der Waals surface area contributed by atoms with Crippen molar-refractivity contribution in [2.24, 2.45) is 0 Å². The number of carbonyl (C=O) groups excluding carboxylic acids is 1. The molecule has 2 aromatic carbocycles. The van der Waals surface area contributed by atoms with Crippen LogP contribution in [0.25, 0.3) is 0 Å². The first kappa shape index (κ1) is 27.9. The summed E-state index contributed by atoms with van der Waals surface area (Å²) in [4.78, 5) is 36.3. The molecule has 9 nitrogen and oxygen atoms in total. The van der Waals surface area contributed by atoms with Crippen molar-refractivity contribution in [1.29, 1.82) is 0 Å². The fourth-order valence-electron chi connectivity index (χ4n) is 4.47. The third-order valence-electron chi connectivity index (χ3n) is 6.32. The molecule has 37 heavy (non-hydrogen) atoms. The lowest BCUT2D eigenvalue weighted by molar-refractivity contribution is -0.134. The highest BCUT2D eigenvalue weighted by Crippen LogP contribution is 2.32. The average Bonchev–Trinajstić information content (AvgIpc) is 3.28. The molecule has 0 spiro atoms. The van der Waals surface area contributed by atoms with Gasteiger partial charge in [0.15, 0.2) is 0 Å². The van der Waals surface area contributed by atoms with E-state index in [2.05, 4.69) is 53.4 Å². The zero-order valence-corrected chi connectivity index (χ0v) is 20.8. The summed E-state index contributed by atoms with van der Waals surface area (Å²) in [6, 6.07) is 21.0. The Bertz CT molecular complexity index is 1010. The van der Waals surface area contributed by atoms with Gasteiger partial charge in [0.1, 0.15) is 6.61 Å². The van der Waals surface area contributed by atoms with Crippen LogP contribution < -0.4 is 0 Å². The van der Waals surface area contributed by atoms with Crippen LogP contribution in [0.1, 0.15) is 30.0 Å². The minimum atomic E-state index is -1.26. The molecule has 0 saturated carbocycles. The highest BCUT2D eigenvalue weighted by atomic mass is 16.6. The number of benzene rings is 2. The zero-order valence-electron chi connectivity index (χ0n) is 20.8. The number of rotatable bonds is 10. The van der Waals surface area contributed by atoms with Gasteiger partial charge in [-0.1, -0.05) is 60.7 Å². The van der Waals surface area contributed by atoms with Gasteiger partial charge in [-0.3, -0.25) is 9.80 Å². The van der Waals surface area contributed by atoms with Gasteiger partial charge in [-0.15, -0.1) is 0 Å². The largest absolute Gasteiger partial charge is 0.478 e. The van der Waals surface area contributed by atoms with Crippen molar-refractivity contribution in [3.05, 3.63) is 83.9 Å². The van der Waals surface area contributed by atoms with Crippen LogP contribution in [0.2, 0.25) is 0 Å². The number of cyclic esters (lactones) is 1. The lowest BCUT2D eigenvalue weighted by atomic mass is 9.98. The third-order valence-corrected chi connectivity index (χ3v) is 6.32. The summed E-state index contributed by atoms with van der Waals surface area (Å²) in [5.74, 6) is -2.51. The SMILES string of the molecule is O=C(O)C=CC(=O)O.O=C1OCC(CCc2ccccc2)N1C(CCN1CCOCC1)c1ccccc1. The second-order valence-electron chi connectivity index (χ2n) is 8.84. The summed E-state index contributed by atoms with van der Waals surface area (Å²) in [6.07, 6.45) is 3.70. The van der Waals surface area contributed by atoms with E-state index in [0.29, 0.717) is 18.8 Å². The van der Waals surface area contributed by atoms with Crippen LogP contribution in [-0.2, 0) is 25.5 Å². The first-order valence-corrected chi connectivity index (χ1v) is 12.4. The molecule has 0 aromatic heterocycles. The molecule has 2 aliphatic rings. The van der Waals surface area contributed by atoms with E-state index < -0.39 is 11.9 Å². The molecule has 2 saturated heterocycles. The summed E-state index contributed by atoms with van der Waals surface area (Å²) in [7, 11) is 0. The molecule has 9 heteroatoms. The average molecular weight is 511 g/mol. The lowest BCUT2D eigenvalue weighted by Gasteiger charge is -2.34. The smallest absolute Gasteiger partial charge is 0.410 e. The second kappa shape index (κ2) is 14.8.